The molecule has 0 amide bonds. The molecular weight excluding hydrogens is 292 g/mol. The summed E-state index contributed by atoms with van der Waals surface area (Å²) in [4.78, 5) is 11.8. The van der Waals surface area contributed by atoms with Gasteiger partial charge in [0.05, 0.1) is 0 Å². The topological polar surface area (TPSA) is 39.4 Å². The van der Waals surface area contributed by atoms with Gasteiger partial charge in [0.2, 0.25) is 11.4 Å². The van der Waals surface area contributed by atoms with Crippen molar-refractivity contribution in [2.24, 2.45) is 0 Å². The lowest BCUT2D eigenvalue weighted by Crippen LogP contribution is -2.48. The summed E-state index contributed by atoms with van der Waals surface area (Å²) in [6.45, 7) is 2.20. The Balaban J connectivity index is 2.34. The molecule has 2 atom stereocenters. The highest BCUT2D eigenvalue weighted by atomic mass is 19.4. The molecule has 0 saturated heterocycles. The molecule has 0 aliphatic carbocycles. The van der Waals surface area contributed by atoms with Gasteiger partial charge >= 0.3 is 11.8 Å². The van der Waals surface area contributed by atoms with Crippen molar-refractivity contribution in [2.75, 3.05) is 0 Å². The zero-order chi connectivity index (χ0) is 15.6. The lowest BCUT2D eigenvalue weighted by atomic mass is 9.85. The fourth-order valence-corrected chi connectivity index (χ4v) is 2.59. The maximum absolute atomic E-state index is 13.2. The molecule has 3 rings (SSSR count). The smallest absolute Gasteiger partial charge is 0.428 e. The minimum atomic E-state index is -4.66. The van der Waals surface area contributed by atoms with E-state index < -0.39 is 34.9 Å². The molecular formula is C14H10F4O3. The van der Waals surface area contributed by atoms with Crippen LogP contribution in [0.5, 0.6) is 5.75 Å². The van der Waals surface area contributed by atoms with Crippen molar-refractivity contribution in [1.29, 1.82) is 0 Å². The van der Waals surface area contributed by atoms with E-state index in [4.69, 9.17) is 9.15 Å². The van der Waals surface area contributed by atoms with Gasteiger partial charge in [-0.25, -0.2) is 9.18 Å². The maximum Gasteiger partial charge on any atom is 0.428 e. The van der Waals surface area contributed by atoms with Gasteiger partial charge in [-0.15, -0.1) is 0 Å². The third-order valence-corrected chi connectivity index (χ3v) is 4.00. The molecule has 1 aliphatic heterocycles. The summed E-state index contributed by atoms with van der Waals surface area (Å²) in [5.74, 6) is -2.22. The summed E-state index contributed by atoms with van der Waals surface area (Å²) >= 11 is 0. The number of rotatable bonds is 0. The molecule has 0 bridgehead atoms. The Morgan fingerprint density at radius 3 is 2.57 bits per heavy atom. The number of ether oxygens (including phenoxy) is 1. The summed E-state index contributed by atoms with van der Waals surface area (Å²) < 4.78 is 62.7. The lowest BCUT2D eigenvalue weighted by Gasteiger charge is -2.30. The molecule has 0 spiro atoms. The quantitative estimate of drug-likeness (QED) is 0.549. The molecule has 21 heavy (non-hydrogen) atoms. The normalized spacial score (nSPS) is 25.0. The summed E-state index contributed by atoms with van der Waals surface area (Å²) in [6, 6.07) is 3.35. The van der Waals surface area contributed by atoms with E-state index in [2.05, 4.69) is 0 Å². The van der Waals surface area contributed by atoms with Gasteiger partial charge in [-0.2, -0.15) is 13.2 Å². The number of hydrogen-bond donors (Lipinski definition) is 0. The van der Waals surface area contributed by atoms with E-state index >= 15 is 0 Å². The Bertz CT molecular complexity index is 793. The monoisotopic (exact) mass is 302 g/mol. The zero-order valence-corrected chi connectivity index (χ0v) is 11.0. The van der Waals surface area contributed by atoms with Crippen LogP contribution < -0.4 is 10.4 Å². The van der Waals surface area contributed by atoms with Crippen LogP contribution in [-0.2, 0) is 0 Å². The van der Waals surface area contributed by atoms with Crippen molar-refractivity contribution in [2.45, 2.75) is 31.5 Å². The van der Waals surface area contributed by atoms with Crippen LogP contribution in [0.25, 0.3) is 11.0 Å². The molecule has 1 aliphatic rings. The van der Waals surface area contributed by atoms with Crippen LogP contribution in [0.4, 0.5) is 17.6 Å². The zero-order valence-electron chi connectivity index (χ0n) is 11.0. The minimum Gasteiger partial charge on any atom is -0.470 e. The molecule has 0 N–H and O–H groups in total. The Hall–Kier alpha value is -2.05. The average molecular weight is 302 g/mol. The van der Waals surface area contributed by atoms with Gasteiger partial charge < -0.3 is 9.15 Å². The molecule has 7 heteroatoms. The van der Waals surface area contributed by atoms with Gasteiger partial charge in [0.15, 0.2) is 0 Å². The van der Waals surface area contributed by atoms with Gasteiger partial charge in [-0.05, 0) is 19.1 Å². The fourth-order valence-electron chi connectivity index (χ4n) is 2.59. The predicted molar refractivity (Wildman–Crippen MR) is 65.9 cm³/mol. The second-order valence-electron chi connectivity index (χ2n) is 5.20. The number of fused-ring (bicyclic) bond motifs is 3. The molecule has 0 radical (unpaired) electrons. The first kappa shape index (κ1) is 13.9. The largest absolute Gasteiger partial charge is 0.470 e. The van der Waals surface area contributed by atoms with Crippen molar-refractivity contribution in [1.82, 2.24) is 0 Å². The molecule has 0 fully saturated rings. The minimum absolute atomic E-state index is 0.0966. The van der Waals surface area contributed by atoms with E-state index in [1.54, 1.807) is 0 Å². The van der Waals surface area contributed by atoms with Gasteiger partial charge in [0, 0.05) is 22.9 Å². The predicted octanol–water partition coefficient (Wildman–Crippen LogP) is 3.75. The van der Waals surface area contributed by atoms with Crippen LogP contribution in [0.3, 0.4) is 0 Å². The Morgan fingerprint density at radius 2 is 1.95 bits per heavy atom. The summed E-state index contributed by atoms with van der Waals surface area (Å²) in [7, 11) is 0. The standard InChI is InChI=1S/C14H10F4O3/c1-6-10-8-4-3-7(15)5-9(8)20-12(19)11(10)21-13(6,2)14(16,17)18/h3-6H,1-2H3/t6-,13+/m0/s1. The number of hydrogen-bond acceptors (Lipinski definition) is 3. The van der Waals surface area contributed by atoms with E-state index in [0.29, 0.717) is 0 Å². The van der Waals surface area contributed by atoms with E-state index in [1.807, 2.05) is 0 Å². The van der Waals surface area contributed by atoms with Crippen LogP contribution in [0.15, 0.2) is 27.4 Å². The Morgan fingerprint density at radius 1 is 1.29 bits per heavy atom. The average Bonchev–Trinajstić information content (AvgIpc) is 2.64. The molecule has 1 aromatic heterocycles. The van der Waals surface area contributed by atoms with Crippen LogP contribution in [0.1, 0.15) is 25.3 Å². The Kier molecular flexibility index (Phi) is 2.64. The highest BCUT2D eigenvalue weighted by Gasteiger charge is 2.62. The molecule has 2 heterocycles. The van der Waals surface area contributed by atoms with Crippen LogP contribution in [0.2, 0.25) is 0 Å². The summed E-state index contributed by atoms with van der Waals surface area (Å²) in [6.07, 6.45) is -4.66. The van der Waals surface area contributed by atoms with Crippen molar-refractivity contribution >= 4 is 11.0 Å². The molecule has 2 aromatic rings. The number of benzene rings is 1. The van der Waals surface area contributed by atoms with Crippen molar-refractivity contribution in [3.63, 3.8) is 0 Å². The third-order valence-electron chi connectivity index (χ3n) is 4.00. The molecule has 112 valence electrons. The number of alkyl halides is 3. The first-order valence-electron chi connectivity index (χ1n) is 6.17. The molecule has 0 unspecified atom stereocenters. The summed E-state index contributed by atoms with van der Waals surface area (Å²) in [5, 5.41) is 0.242. The Labute approximate surface area is 116 Å². The molecule has 0 saturated carbocycles. The van der Waals surface area contributed by atoms with Crippen LogP contribution >= 0.6 is 0 Å². The van der Waals surface area contributed by atoms with Crippen molar-refractivity contribution in [3.8, 4) is 5.75 Å². The number of halogens is 4. The second-order valence-corrected chi connectivity index (χ2v) is 5.20. The highest BCUT2D eigenvalue weighted by molar-refractivity contribution is 5.83. The maximum atomic E-state index is 13.2. The van der Waals surface area contributed by atoms with Gasteiger partial charge in [0.25, 0.3) is 0 Å². The first-order valence-corrected chi connectivity index (χ1v) is 6.17. The van der Waals surface area contributed by atoms with Crippen molar-refractivity contribution in [3.05, 3.63) is 40.0 Å². The lowest BCUT2D eigenvalue weighted by molar-refractivity contribution is -0.241. The van der Waals surface area contributed by atoms with E-state index in [0.717, 1.165) is 19.1 Å². The van der Waals surface area contributed by atoms with Gasteiger partial charge in [-0.3, -0.25) is 0 Å². The van der Waals surface area contributed by atoms with Crippen molar-refractivity contribution < 1.29 is 26.7 Å². The third kappa shape index (κ3) is 1.76. The van der Waals surface area contributed by atoms with Gasteiger partial charge in [0.1, 0.15) is 11.4 Å². The summed E-state index contributed by atoms with van der Waals surface area (Å²) in [5.41, 5.74) is -3.56. The first-order chi connectivity index (χ1) is 9.65. The molecule has 3 nitrogen and oxygen atoms in total. The van der Waals surface area contributed by atoms with Gasteiger partial charge in [-0.1, -0.05) is 6.92 Å². The van der Waals surface area contributed by atoms with Crippen LogP contribution in [0, 0.1) is 5.82 Å². The molecule has 1 aromatic carbocycles. The van der Waals surface area contributed by atoms with E-state index in [-0.39, 0.29) is 16.5 Å². The fraction of sp³-hybridized carbons (Fsp3) is 0.357. The second kappa shape index (κ2) is 3.99. The van der Waals surface area contributed by atoms with Crippen LogP contribution in [-0.4, -0.2) is 11.8 Å². The highest BCUT2D eigenvalue weighted by Crippen LogP contribution is 2.52. The van der Waals surface area contributed by atoms with E-state index in [9.17, 15) is 22.4 Å². The van der Waals surface area contributed by atoms with E-state index in [1.165, 1.54) is 13.0 Å². The SMILES string of the molecule is C[C@H]1c2c(c(=O)oc3cc(F)ccc23)O[C@@]1(C)C(F)(F)F.